The lowest BCUT2D eigenvalue weighted by Gasteiger charge is -2.38. The van der Waals surface area contributed by atoms with E-state index in [1.807, 2.05) is 64.2 Å². The Morgan fingerprint density at radius 1 is 0.535 bits per heavy atom. The molecule has 1 aliphatic carbocycles. The van der Waals surface area contributed by atoms with Crippen molar-refractivity contribution in [2.45, 2.75) is 248 Å². The second-order valence-corrected chi connectivity index (χ2v) is 34.7. The number of piperidine rings is 1. The van der Waals surface area contributed by atoms with Crippen LogP contribution >= 0.6 is 0 Å². The molecule has 1 unspecified atom stereocenters. The van der Waals surface area contributed by atoms with Crippen LogP contribution in [0.1, 0.15) is 241 Å². The van der Waals surface area contributed by atoms with Gasteiger partial charge >= 0.3 is 18.3 Å². The van der Waals surface area contributed by atoms with Gasteiger partial charge in [-0.15, -0.1) is 0 Å². The molecule has 8 rings (SSSR count). The second-order valence-electron chi connectivity index (χ2n) is 34.7. The molecule has 6 aromatic rings. The predicted octanol–water partition coefficient (Wildman–Crippen LogP) is 23.6. The smallest absolute Gasteiger partial charge is 0.436 e. The minimum absolute atomic E-state index is 0.0816. The zero-order valence-corrected chi connectivity index (χ0v) is 65.0. The van der Waals surface area contributed by atoms with E-state index in [4.69, 9.17) is 10.5 Å². The molecule has 2 N–H and O–H groups in total. The van der Waals surface area contributed by atoms with Crippen LogP contribution in [-0.2, 0) is 52.7 Å². The van der Waals surface area contributed by atoms with E-state index in [2.05, 4.69) is 193 Å². The molecule has 1 amide bonds. The first-order chi connectivity index (χ1) is 46.2. The lowest BCUT2D eigenvalue weighted by Crippen LogP contribution is -2.41. The largest absolute Gasteiger partial charge is 0.462 e. The first-order valence-corrected chi connectivity index (χ1v) is 35.6. The van der Waals surface area contributed by atoms with Gasteiger partial charge in [0.25, 0.3) is 5.91 Å². The fourth-order valence-electron chi connectivity index (χ4n) is 10.4. The molecule has 0 spiro atoms. The van der Waals surface area contributed by atoms with Crippen LogP contribution in [-0.4, -0.2) is 57.9 Å². The van der Waals surface area contributed by atoms with E-state index in [9.17, 15) is 49.5 Å². The Hall–Kier alpha value is -6.81. The number of amides is 1. The lowest BCUT2D eigenvalue weighted by atomic mass is 9.75. The molecule has 1 saturated heterocycles. The highest BCUT2D eigenvalue weighted by Gasteiger charge is 2.40. The van der Waals surface area contributed by atoms with Crippen LogP contribution in [0.25, 0.3) is 11.3 Å². The third-order valence-electron chi connectivity index (χ3n) is 16.4. The molecule has 1 atom stereocenters. The number of hydrogen-bond donors (Lipinski definition) is 1. The van der Waals surface area contributed by atoms with Gasteiger partial charge in [-0.2, -0.15) is 26.3 Å². The van der Waals surface area contributed by atoms with Crippen molar-refractivity contribution >= 4 is 17.7 Å². The van der Waals surface area contributed by atoms with E-state index >= 15 is 0 Å². The zero-order chi connectivity index (χ0) is 77.2. The van der Waals surface area contributed by atoms with Crippen LogP contribution < -0.4 is 5.73 Å². The number of benzene rings is 4. The summed E-state index contributed by atoms with van der Waals surface area (Å²) in [6.45, 7) is 47.1. The highest BCUT2D eigenvalue weighted by Crippen LogP contribution is 2.37. The van der Waals surface area contributed by atoms with Gasteiger partial charge in [-0.25, -0.2) is 13.8 Å². The Morgan fingerprint density at radius 2 is 1.05 bits per heavy atom. The fourth-order valence-corrected chi connectivity index (χ4v) is 10.4. The molecule has 562 valence electrons. The van der Waals surface area contributed by atoms with Crippen LogP contribution in [0, 0.1) is 61.4 Å². The molecular formula is C85H122F8N4O4. The number of esters is 1. The highest BCUT2D eigenvalue weighted by molar-refractivity contribution is 5.94. The van der Waals surface area contributed by atoms with Gasteiger partial charge in [0.2, 0.25) is 0 Å². The number of aromatic nitrogens is 2. The fraction of sp³-hybridized carbons (Fsp3) is 0.565. The second kappa shape index (κ2) is 39.7. The minimum Gasteiger partial charge on any atom is -0.462 e. The average molecular weight is 1420 g/mol. The summed E-state index contributed by atoms with van der Waals surface area (Å²) in [4.78, 5) is 43.5. The highest BCUT2D eigenvalue weighted by atomic mass is 19.4. The SMILES string of the molecule is CC(C)(C)C(=O)CCC(F)(F)F.CC(C)(C)C1CCN(C(=O)c2ccnc(C(F)(F)F)c2F)CC1.CC(C)(C)CCc1ccccc1.CC(C)(C)Cc1ccc(-c2ccccn2)cc1.CC(C)(C)Cc1cccc(CN)c1.CC(C)(C)Cc1ccccc1F.CC(OC(=O)C(C)(C)C)C1CC1. The molecule has 0 bridgehead atoms. The summed E-state index contributed by atoms with van der Waals surface area (Å²) < 4.78 is 105. The van der Waals surface area contributed by atoms with Gasteiger partial charge in [0, 0.05) is 49.4 Å². The van der Waals surface area contributed by atoms with Gasteiger partial charge in [-0.1, -0.05) is 228 Å². The molecule has 1 aliphatic heterocycles. The Morgan fingerprint density at radius 3 is 1.50 bits per heavy atom. The first-order valence-electron chi connectivity index (χ1n) is 35.6. The van der Waals surface area contributed by atoms with Crippen molar-refractivity contribution in [3.63, 3.8) is 0 Å². The van der Waals surface area contributed by atoms with E-state index in [0.29, 0.717) is 47.7 Å². The van der Waals surface area contributed by atoms with E-state index in [1.165, 1.54) is 64.5 Å². The van der Waals surface area contributed by atoms with Crippen molar-refractivity contribution in [1.29, 1.82) is 0 Å². The predicted molar refractivity (Wildman–Crippen MR) is 399 cm³/mol. The standard InChI is InChI=1S/C16H20F4N2O.C16H19N.C12H19N.C12H18.C11H15F.C10H18O2.C8H13F3O/c1-15(2,3)10-5-8-22(9-6-10)14(23)11-4-7-21-13(12(11)17)16(18,19)20;1-16(2,3)12-13-7-9-14(10-8-13)15-6-4-5-11-17-15;1-12(2,3)8-10-5-4-6-11(7-10)9-13;1-12(2,3)10-9-11-7-5-4-6-8-11;1-11(2,3)8-9-6-4-5-7-10(9)12;1-7(8-5-6-8)12-9(11)10(2,3)4;1-7(2,3)6(12)4-5-8(9,10)11/h4,7,10H,5-6,8-9H2,1-3H3;4-11H,12H2,1-3H3;4-7H,8-9,13H2,1-3H3;4-8H,9-10H2,1-3H3;4-7H,8H2,1-3H3;7-8H,5-6H2,1-4H3;4-5H2,1-3H3. The zero-order valence-electron chi connectivity index (χ0n) is 65.0. The minimum atomic E-state index is -4.92. The van der Waals surface area contributed by atoms with E-state index < -0.39 is 53.6 Å². The number of aryl methyl sites for hydroxylation is 1. The number of nitrogens with zero attached hydrogens (tertiary/aromatic N) is 3. The van der Waals surface area contributed by atoms with Crippen LogP contribution in [0.2, 0.25) is 0 Å². The lowest BCUT2D eigenvalue weighted by molar-refractivity contribution is -0.158. The summed E-state index contributed by atoms with van der Waals surface area (Å²) in [5, 5.41) is 0. The molecule has 1 saturated carbocycles. The normalized spacial score (nSPS) is 14.1. The van der Waals surface area contributed by atoms with E-state index in [-0.39, 0.29) is 39.9 Å². The van der Waals surface area contributed by atoms with Crippen molar-refractivity contribution in [3.05, 3.63) is 190 Å². The van der Waals surface area contributed by atoms with Crippen molar-refractivity contribution in [2.75, 3.05) is 13.1 Å². The maximum atomic E-state index is 14.0. The third-order valence-corrected chi connectivity index (χ3v) is 16.4. The quantitative estimate of drug-likeness (QED) is 0.0958. The maximum absolute atomic E-state index is 14.0. The molecule has 16 heteroatoms. The van der Waals surface area contributed by atoms with E-state index in [1.54, 1.807) is 26.8 Å². The summed E-state index contributed by atoms with van der Waals surface area (Å²) in [5.41, 5.74) is 12.2. The summed E-state index contributed by atoms with van der Waals surface area (Å²) >= 11 is 0. The van der Waals surface area contributed by atoms with Crippen molar-refractivity contribution in [1.82, 2.24) is 14.9 Å². The molecule has 2 aromatic heterocycles. The van der Waals surface area contributed by atoms with Crippen LogP contribution in [0.3, 0.4) is 0 Å². The summed E-state index contributed by atoms with van der Waals surface area (Å²) in [7, 11) is 0. The van der Waals surface area contributed by atoms with Gasteiger partial charge in [0.1, 0.15) is 17.7 Å². The molecule has 2 aliphatic rings. The number of nitrogens with two attached hydrogens (primary N) is 1. The Balaban J connectivity index is 0.000000407. The summed E-state index contributed by atoms with van der Waals surface area (Å²) in [6.07, 6.45) is 1.64. The number of Topliss-reactive ketones (excluding diaryl/α,β-unsaturated/α-hetero) is 1. The number of rotatable bonds is 12. The molecule has 4 aromatic carbocycles. The van der Waals surface area contributed by atoms with Gasteiger partial charge in [-0.05, 0) is 176 Å². The topological polar surface area (TPSA) is 115 Å². The number of likely N-dealkylation sites (tertiary alicyclic amines) is 1. The number of hydrogen-bond acceptors (Lipinski definition) is 7. The monoisotopic (exact) mass is 1410 g/mol. The summed E-state index contributed by atoms with van der Waals surface area (Å²) in [5.74, 6) is -1.75. The van der Waals surface area contributed by atoms with Crippen molar-refractivity contribution in [3.8, 4) is 11.3 Å². The number of ketones is 1. The Labute approximate surface area is 602 Å². The average Bonchev–Trinajstić information content (AvgIpc) is 1.28. The van der Waals surface area contributed by atoms with Crippen LogP contribution in [0.5, 0.6) is 0 Å². The van der Waals surface area contributed by atoms with Crippen molar-refractivity contribution < 1.29 is 54.2 Å². The summed E-state index contributed by atoms with van der Waals surface area (Å²) in [6, 6.07) is 41.9. The van der Waals surface area contributed by atoms with Crippen LogP contribution in [0.4, 0.5) is 35.1 Å². The number of carbonyl (C=O) groups excluding carboxylic acids is 3. The first kappa shape index (κ1) is 90.3. The van der Waals surface area contributed by atoms with Gasteiger partial charge < -0.3 is 15.4 Å². The molecule has 2 fully saturated rings. The maximum Gasteiger partial charge on any atom is 0.436 e. The molecule has 3 heterocycles. The van der Waals surface area contributed by atoms with Gasteiger partial charge in [0.05, 0.1) is 23.1 Å². The Bertz CT molecular complexity index is 3380. The van der Waals surface area contributed by atoms with Gasteiger partial charge in [-0.3, -0.25) is 19.4 Å². The number of halogens is 8. The molecular weight excluding hydrogens is 1290 g/mol. The Kier molecular flexibility index (Phi) is 35.5. The van der Waals surface area contributed by atoms with Crippen molar-refractivity contribution in [2.24, 2.45) is 55.5 Å². The number of ether oxygens (including phenoxy) is 1. The number of carbonyl (C=O) groups is 3. The molecule has 0 radical (unpaired) electrons. The van der Waals surface area contributed by atoms with Crippen LogP contribution in [0.15, 0.2) is 140 Å². The van der Waals surface area contributed by atoms with Gasteiger partial charge in [0.15, 0.2) is 11.5 Å². The number of pyridine rings is 2. The molecule has 101 heavy (non-hydrogen) atoms. The third kappa shape index (κ3) is 39.4. The van der Waals surface area contributed by atoms with E-state index in [0.717, 1.165) is 55.6 Å². The number of alkyl halides is 6. The molecule has 8 nitrogen and oxygen atoms in total.